The van der Waals surface area contributed by atoms with Crippen molar-refractivity contribution in [3.8, 4) is 0 Å². The van der Waals surface area contributed by atoms with Gasteiger partial charge in [0.15, 0.2) is 0 Å². The molecular weight excluding hydrogens is 473 g/mol. The Morgan fingerprint density at radius 3 is 2.29 bits per heavy atom. The molecule has 0 unspecified atom stereocenters. The maximum Gasteiger partial charge on any atom is 0.419 e. The Balaban J connectivity index is 1.82. The lowest BCUT2D eigenvalue weighted by Crippen LogP contribution is -2.49. The van der Waals surface area contributed by atoms with E-state index in [4.69, 9.17) is 0 Å². The van der Waals surface area contributed by atoms with Gasteiger partial charge in [0.25, 0.3) is 0 Å². The molecule has 152 valence electrons. The molecule has 0 atom stereocenters. The summed E-state index contributed by atoms with van der Waals surface area (Å²) in [5.41, 5.74) is -0.924. The van der Waals surface area contributed by atoms with Gasteiger partial charge >= 0.3 is 6.18 Å². The maximum atomic E-state index is 14.1. The number of rotatable bonds is 3. The third-order valence-electron chi connectivity index (χ3n) is 4.22. The average Bonchev–Trinajstić information content (AvgIpc) is 2.64. The summed E-state index contributed by atoms with van der Waals surface area (Å²) in [6.07, 6.45) is -3.39. The van der Waals surface area contributed by atoms with Crippen molar-refractivity contribution in [1.82, 2.24) is 9.29 Å². The molecule has 0 radical (unpaired) electrons. The van der Waals surface area contributed by atoms with Crippen LogP contribution in [0.5, 0.6) is 0 Å². The number of anilines is 1. The SMILES string of the molecule is O=S(=O)(c1cc(F)c(Br)cc1F)N1CCN(c2ncccc2C(F)(F)F)CC1. The van der Waals surface area contributed by atoms with E-state index in [1.54, 1.807) is 0 Å². The summed E-state index contributed by atoms with van der Waals surface area (Å²) in [5.74, 6) is -2.37. The Morgan fingerprint density at radius 1 is 1.04 bits per heavy atom. The zero-order valence-corrected chi connectivity index (χ0v) is 16.5. The van der Waals surface area contributed by atoms with E-state index in [1.165, 1.54) is 11.1 Å². The predicted molar refractivity (Wildman–Crippen MR) is 94.3 cm³/mol. The first-order valence-corrected chi connectivity index (χ1v) is 10.2. The zero-order valence-electron chi connectivity index (χ0n) is 14.0. The summed E-state index contributed by atoms with van der Waals surface area (Å²) in [6, 6.07) is 3.34. The standard InChI is InChI=1S/C16H13BrF5N3O2S/c17-11-8-13(19)14(9-12(11)18)28(26,27)25-6-4-24(5-7-25)15-10(16(20,21)22)2-1-3-23-15/h1-3,8-9H,4-7H2. The fourth-order valence-electron chi connectivity index (χ4n) is 2.85. The molecule has 1 fully saturated rings. The minimum absolute atomic E-state index is 0.0834. The van der Waals surface area contributed by atoms with Crippen LogP contribution in [-0.2, 0) is 16.2 Å². The number of hydrogen-bond donors (Lipinski definition) is 0. The topological polar surface area (TPSA) is 53.5 Å². The minimum Gasteiger partial charge on any atom is -0.353 e. The fourth-order valence-corrected chi connectivity index (χ4v) is 4.65. The van der Waals surface area contributed by atoms with Gasteiger partial charge in [0.05, 0.1) is 10.0 Å². The van der Waals surface area contributed by atoms with Crippen LogP contribution in [0, 0.1) is 11.6 Å². The van der Waals surface area contributed by atoms with Gasteiger partial charge in [-0.05, 0) is 40.2 Å². The smallest absolute Gasteiger partial charge is 0.353 e. The molecule has 2 aromatic rings. The van der Waals surface area contributed by atoms with Crippen LogP contribution in [0.2, 0.25) is 0 Å². The van der Waals surface area contributed by atoms with Crippen molar-refractivity contribution in [3.63, 3.8) is 0 Å². The third-order valence-corrected chi connectivity index (χ3v) is 6.74. The van der Waals surface area contributed by atoms with Gasteiger partial charge in [0.1, 0.15) is 22.3 Å². The van der Waals surface area contributed by atoms with Crippen molar-refractivity contribution in [1.29, 1.82) is 0 Å². The van der Waals surface area contributed by atoms with Gasteiger partial charge in [0, 0.05) is 32.4 Å². The second-order valence-corrected chi connectivity index (χ2v) is 8.72. The quantitative estimate of drug-likeness (QED) is 0.491. The van der Waals surface area contributed by atoms with Crippen molar-refractivity contribution in [2.45, 2.75) is 11.1 Å². The molecule has 1 aromatic carbocycles. The van der Waals surface area contributed by atoms with Gasteiger partial charge < -0.3 is 4.90 Å². The van der Waals surface area contributed by atoms with Crippen LogP contribution in [0.25, 0.3) is 0 Å². The van der Waals surface area contributed by atoms with E-state index in [2.05, 4.69) is 20.9 Å². The third kappa shape index (κ3) is 3.98. The number of benzene rings is 1. The molecule has 0 saturated carbocycles. The van der Waals surface area contributed by atoms with Crippen molar-refractivity contribution in [2.75, 3.05) is 31.1 Å². The number of nitrogens with zero attached hydrogens (tertiary/aromatic N) is 3. The molecule has 1 aliphatic rings. The second-order valence-electron chi connectivity index (χ2n) is 5.96. The summed E-state index contributed by atoms with van der Waals surface area (Å²) < 4.78 is 93.1. The largest absolute Gasteiger partial charge is 0.419 e. The number of hydrogen-bond acceptors (Lipinski definition) is 4. The lowest BCUT2D eigenvalue weighted by atomic mass is 10.2. The number of aromatic nitrogens is 1. The molecule has 0 amide bonds. The molecule has 0 N–H and O–H groups in total. The number of pyridine rings is 1. The zero-order chi connectivity index (χ0) is 20.7. The molecule has 12 heteroatoms. The number of alkyl halides is 3. The van der Waals surface area contributed by atoms with Gasteiger partial charge in [-0.3, -0.25) is 0 Å². The normalized spacial score (nSPS) is 16.4. The van der Waals surface area contributed by atoms with Crippen molar-refractivity contribution < 1.29 is 30.4 Å². The van der Waals surface area contributed by atoms with Gasteiger partial charge in [-0.1, -0.05) is 0 Å². The van der Waals surface area contributed by atoms with E-state index in [0.717, 1.165) is 16.4 Å². The summed E-state index contributed by atoms with van der Waals surface area (Å²) in [5, 5.41) is 0. The predicted octanol–water partition coefficient (Wildman–Crippen LogP) is 3.65. The van der Waals surface area contributed by atoms with Crippen LogP contribution < -0.4 is 4.90 Å². The van der Waals surface area contributed by atoms with E-state index in [1.807, 2.05) is 0 Å². The van der Waals surface area contributed by atoms with Gasteiger partial charge in [-0.15, -0.1) is 0 Å². The fraction of sp³-hybridized carbons (Fsp3) is 0.312. The highest BCUT2D eigenvalue weighted by atomic mass is 79.9. The van der Waals surface area contributed by atoms with Gasteiger partial charge in [0.2, 0.25) is 10.0 Å². The van der Waals surface area contributed by atoms with Crippen molar-refractivity contribution >= 4 is 31.8 Å². The van der Waals surface area contributed by atoms with Crippen LogP contribution >= 0.6 is 15.9 Å². The molecule has 28 heavy (non-hydrogen) atoms. The highest BCUT2D eigenvalue weighted by Gasteiger charge is 2.37. The van der Waals surface area contributed by atoms with E-state index in [0.29, 0.717) is 12.1 Å². The molecule has 1 saturated heterocycles. The number of halogens is 6. The van der Waals surface area contributed by atoms with E-state index >= 15 is 0 Å². The minimum atomic E-state index is -4.61. The Kier molecular flexibility index (Phi) is 5.65. The van der Waals surface area contributed by atoms with Crippen LogP contribution in [0.15, 0.2) is 39.8 Å². The van der Waals surface area contributed by atoms with Crippen molar-refractivity contribution in [2.24, 2.45) is 0 Å². The highest BCUT2D eigenvalue weighted by Crippen LogP contribution is 2.35. The molecule has 0 aliphatic carbocycles. The molecule has 1 aliphatic heterocycles. The Morgan fingerprint density at radius 2 is 1.68 bits per heavy atom. The second kappa shape index (κ2) is 7.56. The van der Waals surface area contributed by atoms with Gasteiger partial charge in [-0.25, -0.2) is 22.2 Å². The number of piperazine rings is 1. The summed E-state index contributed by atoms with van der Waals surface area (Å²) in [7, 11) is -4.35. The van der Waals surface area contributed by atoms with E-state index in [9.17, 15) is 30.4 Å². The van der Waals surface area contributed by atoms with E-state index < -0.39 is 38.3 Å². The molecule has 0 bridgehead atoms. The van der Waals surface area contributed by atoms with Crippen LogP contribution in [0.3, 0.4) is 0 Å². The Labute approximate surface area is 166 Å². The molecule has 3 rings (SSSR count). The van der Waals surface area contributed by atoms with Crippen LogP contribution in [0.4, 0.5) is 27.8 Å². The Hall–Kier alpha value is -1.79. The lowest BCUT2D eigenvalue weighted by molar-refractivity contribution is -0.137. The first kappa shape index (κ1) is 20.9. The molecule has 2 heterocycles. The summed E-state index contributed by atoms with van der Waals surface area (Å²) in [4.78, 5) is 4.26. The van der Waals surface area contributed by atoms with Crippen molar-refractivity contribution in [3.05, 3.63) is 52.1 Å². The van der Waals surface area contributed by atoms with Gasteiger partial charge in [-0.2, -0.15) is 17.5 Å². The molecular formula is C16H13BrF5N3O2S. The first-order chi connectivity index (χ1) is 13.0. The van der Waals surface area contributed by atoms with E-state index in [-0.39, 0.29) is 36.5 Å². The molecule has 1 aromatic heterocycles. The molecule has 0 spiro atoms. The first-order valence-electron chi connectivity index (χ1n) is 7.93. The number of sulfonamides is 1. The maximum absolute atomic E-state index is 14.1. The van der Waals surface area contributed by atoms with Crippen LogP contribution in [0.1, 0.15) is 5.56 Å². The molecule has 5 nitrogen and oxygen atoms in total. The summed E-state index contributed by atoms with van der Waals surface area (Å²) in [6.45, 7) is -0.569. The summed E-state index contributed by atoms with van der Waals surface area (Å²) >= 11 is 2.77. The Bertz CT molecular complexity index is 992. The highest BCUT2D eigenvalue weighted by molar-refractivity contribution is 9.10. The monoisotopic (exact) mass is 485 g/mol. The average molecular weight is 486 g/mol. The lowest BCUT2D eigenvalue weighted by Gasteiger charge is -2.35. The van der Waals surface area contributed by atoms with Crippen LogP contribution in [-0.4, -0.2) is 43.9 Å².